The van der Waals surface area contributed by atoms with E-state index in [1.807, 2.05) is 402 Å². The molecule has 0 saturated carbocycles. The maximum atomic E-state index is 2.24. The van der Waals surface area contributed by atoms with Crippen LogP contribution in [0, 0.1) is 27.7 Å². The minimum absolute atomic E-state index is 1.25. The summed E-state index contributed by atoms with van der Waals surface area (Å²) in [6, 6.07) is 151. The number of benzene rings is 15. The van der Waals surface area contributed by atoms with Gasteiger partial charge in [-0.2, -0.15) is 0 Å². The van der Waals surface area contributed by atoms with Crippen molar-refractivity contribution in [2.45, 2.75) is 260 Å². The first-order valence-electron chi connectivity index (χ1n) is 46.3. The Balaban J connectivity index is -0.000000119. The monoisotopic (exact) mass is 1650 g/mol. The molecule has 0 aromatic heterocycles. The van der Waals surface area contributed by atoms with Crippen LogP contribution in [0.1, 0.15) is 255 Å². The van der Waals surface area contributed by atoms with Gasteiger partial charge in [0.2, 0.25) is 0 Å². The van der Waals surface area contributed by atoms with E-state index < -0.39 is 0 Å². The number of aryl methyl sites for hydroxylation is 4. The van der Waals surface area contributed by atoms with Gasteiger partial charge in [-0.3, -0.25) is 0 Å². The Labute approximate surface area is 758 Å². The van der Waals surface area contributed by atoms with E-state index >= 15 is 0 Å². The van der Waals surface area contributed by atoms with Gasteiger partial charge in [0, 0.05) is 0 Å². The lowest BCUT2D eigenvalue weighted by atomic mass is 10.0. The molecule has 15 aromatic carbocycles. The Morgan fingerprint density at radius 1 is 0.107 bits per heavy atom. The number of fused-ring (bicyclic) bond motifs is 3. The summed E-state index contributed by atoms with van der Waals surface area (Å²) < 4.78 is 0. The van der Waals surface area contributed by atoms with Gasteiger partial charge in [0.15, 0.2) is 0 Å². The molecule has 0 heteroatoms. The molecule has 15 rings (SSSR count). The molecule has 0 saturated heterocycles. The maximum Gasteiger partial charge on any atom is -0.0178 e. The van der Waals surface area contributed by atoms with Crippen molar-refractivity contribution >= 4 is 32.3 Å². The second-order valence-corrected chi connectivity index (χ2v) is 23.7. The third kappa shape index (κ3) is 115. The van der Waals surface area contributed by atoms with Crippen molar-refractivity contribution in [3.05, 3.63) is 471 Å². The van der Waals surface area contributed by atoms with Crippen LogP contribution < -0.4 is 0 Å². The van der Waals surface area contributed by atoms with E-state index in [1.54, 1.807) is 0 Å². The predicted molar refractivity (Wildman–Crippen MR) is 575 cm³/mol. The molecule has 0 atom stereocenters. The Hall–Kier alpha value is -10.9. The van der Waals surface area contributed by atoms with Gasteiger partial charge < -0.3 is 0 Å². The van der Waals surface area contributed by atoms with Gasteiger partial charge in [-0.05, 0) is 72.1 Å². The van der Waals surface area contributed by atoms with Gasteiger partial charge in [0.05, 0.1) is 0 Å². The van der Waals surface area contributed by atoms with E-state index in [1.165, 1.54) is 93.1 Å². The van der Waals surface area contributed by atoms with E-state index in [-0.39, 0.29) is 0 Å². The summed E-state index contributed by atoms with van der Waals surface area (Å²) in [6.07, 6.45) is 7.50. The number of rotatable bonds is 0. The first kappa shape index (κ1) is 134. The van der Waals surface area contributed by atoms with Crippen LogP contribution in [0.15, 0.2) is 449 Å². The van der Waals surface area contributed by atoms with Crippen molar-refractivity contribution in [2.24, 2.45) is 0 Å². The average Bonchev–Trinajstić information content (AvgIpc) is 0.811. The Morgan fingerprint density at radius 3 is 0.246 bits per heavy atom. The van der Waals surface area contributed by atoms with Gasteiger partial charge >= 0.3 is 0 Å². The van der Waals surface area contributed by atoms with Crippen LogP contribution in [0.3, 0.4) is 0 Å². The van der Waals surface area contributed by atoms with Crippen LogP contribution in [0.2, 0.25) is 0 Å². The third-order valence-electron chi connectivity index (χ3n) is 12.0. The summed E-state index contributed by atoms with van der Waals surface area (Å²) in [5.74, 6) is 0. The fourth-order valence-electron chi connectivity index (χ4n) is 7.46. The van der Waals surface area contributed by atoms with Crippen LogP contribution in [-0.2, 0) is 0 Å². The lowest BCUT2D eigenvalue weighted by Gasteiger charge is -2.00. The molecule has 0 heterocycles. The first-order chi connectivity index (χ1) is 60.0. The molecule has 122 heavy (non-hydrogen) atoms. The Bertz CT molecular complexity index is 3200. The molecule has 0 amide bonds. The average molecular weight is 1650 g/mol. The van der Waals surface area contributed by atoms with Crippen LogP contribution >= 0.6 is 0 Å². The van der Waals surface area contributed by atoms with Crippen LogP contribution in [0.5, 0.6) is 0 Å². The summed E-state index contributed by atoms with van der Waals surface area (Å²) in [5.41, 5.74) is 5.29. The highest BCUT2D eigenvalue weighted by Crippen LogP contribution is 2.22. The SMILES string of the molecule is CC.CC.CC.CC.CC.CC.CC.CC.CCC.CCC.CCC.CCC.CCC.CCC.Cc1ccccc1.Cc1ccccc1.Cc1ccccc1.Cc1ccccc1.c1ccc2cc3ccccc3cc2c1.c1ccc2ccccc2c1.c1ccccc1.c1ccccc1.c1ccccc1.c1ccccc1.c1ccccc1.c1ccccc1. The van der Waals surface area contributed by atoms with Gasteiger partial charge in [-0.1, -0.05) is 691 Å². The highest BCUT2D eigenvalue weighted by Gasteiger charge is 1.95. The van der Waals surface area contributed by atoms with Crippen LogP contribution in [-0.4, -0.2) is 0 Å². The Kier molecular flexibility index (Phi) is 147. The molecule has 0 N–H and O–H groups in total. The highest BCUT2D eigenvalue weighted by molar-refractivity contribution is 5.98. The second kappa shape index (κ2) is 133. The molecule has 0 radical (unpaired) electrons. The summed E-state index contributed by atoms with van der Waals surface area (Å²) in [5, 5.41) is 7.87. The largest absolute Gasteiger partial charge is 0.0683 e. The van der Waals surface area contributed by atoms with E-state index in [0.29, 0.717) is 0 Å². The van der Waals surface area contributed by atoms with Gasteiger partial charge in [-0.25, -0.2) is 0 Å². The van der Waals surface area contributed by atoms with Gasteiger partial charge in [-0.15, -0.1) is 0 Å². The maximum absolute atomic E-state index is 2.24. The molecule has 0 nitrogen and oxygen atoms in total. The lowest BCUT2D eigenvalue weighted by molar-refractivity contribution is 1.09. The first-order valence-corrected chi connectivity index (χ1v) is 46.3. The minimum Gasteiger partial charge on any atom is -0.0683 e. The summed E-state index contributed by atoms with van der Waals surface area (Å²) in [7, 11) is 0. The van der Waals surface area contributed by atoms with Crippen molar-refractivity contribution in [3.8, 4) is 0 Å². The van der Waals surface area contributed by atoms with Gasteiger partial charge in [0.25, 0.3) is 0 Å². The standard InChI is InChI=1S/C14H10.C10H8.4C7H8.6C6H6.6C3H8.8C2H6/c1-2-6-12-10-14-8-4-3-7-13(14)9-11(12)5-1;1-2-6-10-8-4-3-7-9(10)5-1;4*1-7-5-3-2-4-6-7;6*1-2-4-6-5-3-1;6*1-3-2;8*1-2/h1-10H;1-8H;4*2-6H,1H3;6*1-6H;6*3H2,1-2H3;8*1-2H3. The molecule has 670 valence electrons. The molecule has 0 aliphatic heterocycles. The zero-order valence-electron chi connectivity index (χ0n) is 84.0. The fraction of sp³-hybridized carbons (Fsp3) is 0.311. The zero-order chi connectivity index (χ0) is 94.3. The molecule has 0 bridgehead atoms. The fourth-order valence-corrected chi connectivity index (χ4v) is 7.46. The topological polar surface area (TPSA) is 0 Å². The molecule has 15 aromatic rings. The number of hydrogen-bond donors (Lipinski definition) is 0. The van der Waals surface area contributed by atoms with E-state index in [0.717, 1.165) is 0 Å². The second-order valence-electron chi connectivity index (χ2n) is 23.7. The lowest BCUT2D eigenvalue weighted by Crippen LogP contribution is -1.74. The molecular formula is C122H182. The molecule has 0 aliphatic rings. The van der Waals surface area contributed by atoms with Crippen molar-refractivity contribution in [1.82, 2.24) is 0 Å². The quantitative estimate of drug-likeness (QED) is 0.133. The summed E-state index contributed by atoms with van der Waals surface area (Å²) in [4.78, 5) is 0. The van der Waals surface area contributed by atoms with Crippen molar-refractivity contribution in [3.63, 3.8) is 0 Å². The molecule has 0 fully saturated rings. The molecular weight excluding hydrogens is 1470 g/mol. The normalized spacial score (nSPS) is 7.70. The van der Waals surface area contributed by atoms with Crippen LogP contribution in [0.4, 0.5) is 0 Å². The molecule has 0 spiro atoms. The summed E-state index contributed by atoms with van der Waals surface area (Å²) >= 11 is 0. The zero-order valence-corrected chi connectivity index (χ0v) is 84.0. The van der Waals surface area contributed by atoms with E-state index in [4.69, 9.17) is 0 Å². The van der Waals surface area contributed by atoms with Crippen molar-refractivity contribution in [1.29, 1.82) is 0 Å². The molecule has 0 unspecified atom stereocenters. The van der Waals surface area contributed by atoms with E-state index in [9.17, 15) is 0 Å². The number of hydrogen-bond acceptors (Lipinski definition) is 0. The minimum atomic E-state index is 1.25. The van der Waals surface area contributed by atoms with Crippen molar-refractivity contribution in [2.75, 3.05) is 0 Å². The third-order valence-corrected chi connectivity index (χ3v) is 12.0. The van der Waals surface area contributed by atoms with Gasteiger partial charge in [0.1, 0.15) is 0 Å². The summed E-state index contributed by atoms with van der Waals surface area (Å²) in [6.45, 7) is 65.8. The highest BCUT2D eigenvalue weighted by atomic mass is 14.0. The van der Waals surface area contributed by atoms with E-state index in [2.05, 4.69) is 269 Å². The molecule has 0 aliphatic carbocycles. The predicted octanol–water partition coefficient (Wildman–Crippen LogP) is 41.6. The smallest absolute Gasteiger partial charge is 0.0178 e. The van der Waals surface area contributed by atoms with Crippen LogP contribution in [0.25, 0.3) is 32.3 Å². The Morgan fingerprint density at radius 2 is 0.172 bits per heavy atom. The van der Waals surface area contributed by atoms with Crippen molar-refractivity contribution < 1.29 is 0 Å².